The average Bonchev–Trinajstić information content (AvgIpc) is 1.35. The molecule has 0 aromatic carbocycles. The van der Waals surface area contributed by atoms with E-state index in [4.69, 9.17) is 4.55 Å². The summed E-state index contributed by atoms with van der Waals surface area (Å²) in [5.74, 6) is 0. The Balaban J connectivity index is 3.85. The molecule has 0 aliphatic carbocycles. The number of hydrogen-bond donors (Lipinski definition) is 1. The molecule has 0 spiro atoms. The van der Waals surface area contributed by atoms with Crippen molar-refractivity contribution < 1.29 is 8.74 Å². The van der Waals surface area contributed by atoms with Gasteiger partial charge in [-0.15, -0.1) is 0 Å². The Morgan fingerprint density at radius 3 is 1.83 bits per heavy atom. The van der Waals surface area contributed by atoms with Gasteiger partial charge in [0, 0.05) is 22.4 Å². The zero-order chi connectivity index (χ0) is 5.21. The maximum Gasteiger partial charge on any atom is 0.134 e. The van der Waals surface area contributed by atoms with Crippen LogP contribution in [0.3, 0.4) is 0 Å². The van der Waals surface area contributed by atoms with Crippen molar-refractivity contribution in [3.8, 4) is 0 Å². The van der Waals surface area contributed by atoms with Crippen LogP contribution in [0.1, 0.15) is 0 Å². The summed E-state index contributed by atoms with van der Waals surface area (Å²) in [5.41, 5.74) is 0. The van der Waals surface area contributed by atoms with Crippen molar-refractivity contribution in [1.29, 1.82) is 0 Å². The highest BCUT2D eigenvalue weighted by atomic mass is 33.1. The molecule has 0 atom stereocenters. The SMILES string of the molecule is COS(O)(=S)=S. The lowest BCUT2D eigenvalue weighted by molar-refractivity contribution is 0.424. The molecule has 1 N–H and O–H groups in total. The van der Waals surface area contributed by atoms with Gasteiger partial charge in [-0.3, -0.25) is 4.18 Å². The topological polar surface area (TPSA) is 29.5 Å². The van der Waals surface area contributed by atoms with Crippen molar-refractivity contribution in [2.45, 2.75) is 0 Å². The van der Waals surface area contributed by atoms with Gasteiger partial charge in [-0.25, -0.2) is 0 Å². The van der Waals surface area contributed by atoms with Gasteiger partial charge in [-0.2, -0.15) is 0 Å². The Morgan fingerprint density at radius 1 is 1.67 bits per heavy atom. The molecule has 0 saturated carbocycles. The second kappa shape index (κ2) is 2.13. The first-order valence-corrected chi connectivity index (χ1v) is 4.46. The molecule has 6 heavy (non-hydrogen) atoms. The summed E-state index contributed by atoms with van der Waals surface area (Å²) in [7, 11) is -1.21. The zero-order valence-corrected chi connectivity index (χ0v) is 5.53. The van der Waals surface area contributed by atoms with Crippen molar-refractivity contribution in [1.82, 2.24) is 0 Å². The third kappa shape index (κ3) is 4.71. The molecule has 0 rings (SSSR count). The first-order valence-electron chi connectivity index (χ1n) is 1.09. The van der Waals surface area contributed by atoms with Crippen molar-refractivity contribution in [3.05, 3.63) is 0 Å². The Hall–Kier alpha value is 0.710. The van der Waals surface area contributed by atoms with Gasteiger partial charge in [-0.1, -0.05) is 0 Å². The van der Waals surface area contributed by atoms with Crippen LogP contribution in [0.25, 0.3) is 0 Å². The lowest BCUT2D eigenvalue weighted by Gasteiger charge is -1.91. The van der Waals surface area contributed by atoms with Gasteiger partial charge in [0.1, 0.15) is 7.71 Å². The Kier molecular flexibility index (Phi) is 2.38. The molecule has 0 heterocycles. The predicted molar refractivity (Wildman–Crippen MR) is 31.7 cm³/mol. The molecule has 0 bridgehead atoms. The molecule has 0 radical (unpaired) electrons. The number of rotatable bonds is 1. The molecule has 0 amide bonds. The van der Waals surface area contributed by atoms with Crippen LogP contribution in [0.5, 0.6) is 0 Å². The van der Waals surface area contributed by atoms with Crippen molar-refractivity contribution in [2.24, 2.45) is 0 Å². The highest BCUT2D eigenvalue weighted by Gasteiger charge is 1.81. The molecular weight excluding hydrogens is 140 g/mol. The monoisotopic (exact) mass is 144 g/mol. The van der Waals surface area contributed by atoms with Crippen LogP contribution in [0, 0.1) is 0 Å². The first kappa shape index (κ1) is 6.71. The van der Waals surface area contributed by atoms with E-state index < -0.39 is 7.71 Å². The van der Waals surface area contributed by atoms with Crippen LogP contribution < -0.4 is 0 Å². The lowest BCUT2D eigenvalue weighted by atomic mass is 11.8. The van der Waals surface area contributed by atoms with Crippen molar-refractivity contribution in [3.63, 3.8) is 0 Å². The highest BCUT2D eigenvalue weighted by Crippen LogP contribution is 1.78. The standard InChI is InChI=1S/CH4O2S3/c1-3-6(2,4)5/h1H3,(H,2,4,5). The largest absolute Gasteiger partial charge is 0.306 e. The fraction of sp³-hybridized carbons (Fsp3) is 1.00. The van der Waals surface area contributed by atoms with E-state index in [0.29, 0.717) is 0 Å². The van der Waals surface area contributed by atoms with E-state index in [0.717, 1.165) is 0 Å². The molecule has 0 aromatic rings. The molecule has 5 heteroatoms. The van der Waals surface area contributed by atoms with Crippen molar-refractivity contribution in [2.75, 3.05) is 7.11 Å². The minimum atomic E-state index is -2.50. The predicted octanol–water partition coefficient (Wildman–Crippen LogP) is 0.0986. The first-order chi connectivity index (χ1) is 2.56. The van der Waals surface area contributed by atoms with Crippen LogP contribution in [0.4, 0.5) is 0 Å². The van der Waals surface area contributed by atoms with Gasteiger partial charge in [0.2, 0.25) is 0 Å². The molecule has 38 valence electrons. The Morgan fingerprint density at radius 2 is 1.83 bits per heavy atom. The molecule has 0 unspecified atom stereocenters. The summed E-state index contributed by atoms with van der Waals surface area (Å²) in [6.45, 7) is 0. The normalized spacial score (nSPS) is 11.7. The molecule has 0 saturated heterocycles. The Labute approximate surface area is 46.3 Å². The van der Waals surface area contributed by atoms with Crippen LogP contribution in [-0.4, -0.2) is 11.7 Å². The van der Waals surface area contributed by atoms with Crippen LogP contribution in [-0.2, 0) is 34.3 Å². The summed E-state index contributed by atoms with van der Waals surface area (Å²) >= 11 is 8.44. The minimum absolute atomic E-state index is 1.29. The summed E-state index contributed by atoms with van der Waals surface area (Å²) in [5, 5.41) is 0. The molecule has 0 aliphatic heterocycles. The van der Waals surface area contributed by atoms with E-state index in [2.05, 4.69) is 26.6 Å². The van der Waals surface area contributed by atoms with Crippen LogP contribution >= 0.6 is 0 Å². The van der Waals surface area contributed by atoms with E-state index in [1.165, 1.54) is 7.11 Å². The second-order valence-electron chi connectivity index (χ2n) is 0.594. The van der Waals surface area contributed by atoms with Gasteiger partial charge >= 0.3 is 0 Å². The Bertz CT molecular complexity index is 111. The maximum absolute atomic E-state index is 8.32. The smallest absolute Gasteiger partial charge is 0.134 e. The average molecular weight is 144 g/mol. The van der Waals surface area contributed by atoms with Gasteiger partial charge in [0.05, 0.1) is 7.11 Å². The molecular formula is CH4O2S3. The number of hydrogen-bond acceptors (Lipinski definition) is 3. The van der Waals surface area contributed by atoms with Crippen molar-refractivity contribution >= 4 is 30.1 Å². The van der Waals surface area contributed by atoms with E-state index in [9.17, 15) is 0 Å². The molecule has 2 nitrogen and oxygen atoms in total. The fourth-order valence-electron chi connectivity index (χ4n) is 0. The quantitative estimate of drug-likeness (QED) is 0.565. The van der Waals surface area contributed by atoms with Gasteiger partial charge < -0.3 is 4.55 Å². The summed E-state index contributed by atoms with van der Waals surface area (Å²) in [4.78, 5) is 0. The van der Waals surface area contributed by atoms with Gasteiger partial charge in [-0.05, 0) is 0 Å². The summed E-state index contributed by atoms with van der Waals surface area (Å²) < 4.78 is 12.5. The molecule has 0 aliphatic rings. The van der Waals surface area contributed by atoms with E-state index >= 15 is 0 Å². The third-order valence-electron chi connectivity index (χ3n) is 0.211. The summed E-state index contributed by atoms with van der Waals surface area (Å²) in [6.07, 6.45) is 0. The van der Waals surface area contributed by atoms with E-state index in [1.54, 1.807) is 0 Å². The van der Waals surface area contributed by atoms with Gasteiger partial charge in [0.15, 0.2) is 0 Å². The summed E-state index contributed by atoms with van der Waals surface area (Å²) in [6, 6.07) is 0. The third-order valence-corrected chi connectivity index (χ3v) is 1.45. The fourth-order valence-corrected chi connectivity index (χ4v) is 0. The molecule has 0 fully saturated rings. The zero-order valence-electron chi connectivity index (χ0n) is 3.08. The minimum Gasteiger partial charge on any atom is -0.306 e. The van der Waals surface area contributed by atoms with Gasteiger partial charge in [0.25, 0.3) is 0 Å². The van der Waals surface area contributed by atoms with E-state index in [-0.39, 0.29) is 0 Å². The van der Waals surface area contributed by atoms with Crippen LogP contribution in [0.2, 0.25) is 0 Å². The molecule has 0 aromatic heterocycles. The maximum atomic E-state index is 8.32. The highest BCUT2D eigenvalue weighted by molar-refractivity contribution is 8.51. The van der Waals surface area contributed by atoms with Crippen LogP contribution in [0.15, 0.2) is 0 Å². The lowest BCUT2D eigenvalue weighted by Crippen LogP contribution is -1.92. The second-order valence-corrected chi connectivity index (χ2v) is 5.13. The van der Waals surface area contributed by atoms with E-state index in [1.807, 2.05) is 0 Å².